The molecule has 1 aromatic carbocycles. The van der Waals surface area contributed by atoms with Crippen molar-refractivity contribution in [1.82, 2.24) is 5.32 Å². The monoisotopic (exact) mass is 351 g/mol. The molecular weight excluding hydrogens is 326 g/mol. The largest absolute Gasteiger partial charge is 0.456 e. The van der Waals surface area contributed by atoms with Crippen molar-refractivity contribution in [2.24, 2.45) is 0 Å². The molecule has 1 aromatic rings. The zero-order valence-corrected chi connectivity index (χ0v) is 15.5. The predicted molar refractivity (Wildman–Crippen MR) is 91.3 cm³/mol. The number of esters is 3. The van der Waals surface area contributed by atoms with Gasteiger partial charge in [-0.05, 0) is 32.9 Å². The molecule has 0 aromatic heterocycles. The number of benzene rings is 1. The van der Waals surface area contributed by atoms with E-state index in [1.807, 2.05) is 20.8 Å². The van der Waals surface area contributed by atoms with E-state index in [1.54, 1.807) is 12.1 Å². The molecule has 0 radical (unpaired) electrons. The second-order valence-electron chi connectivity index (χ2n) is 6.65. The highest BCUT2D eigenvalue weighted by Gasteiger charge is 2.21. The Morgan fingerprint density at radius 1 is 0.920 bits per heavy atom. The maximum Gasteiger partial charge on any atom is 0.308 e. The molecule has 0 saturated carbocycles. The van der Waals surface area contributed by atoms with Crippen molar-refractivity contribution in [2.75, 3.05) is 6.54 Å². The third kappa shape index (κ3) is 8.30. The van der Waals surface area contributed by atoms with Crippen LogP contribution in [0.25, 0.3) is 0 Å². The molecule has 0 aliphatic heterocycles. The van der Waals surface area contributed by atoms with Gasteiger partial charge in [0.15, 0.2) is 0 Å². The Morgan fingerprint density at radius 3 is 1.76 bits per heavy atom. The van der Waals surface area contributed by atoms with Crippen LogP contribution >= 0.6 is 0 Å². The van der Waals surface area contributed by atoms with E-state index in [0.717, 1.165) is 0 Å². The molecule has 0 amide bonds. The van der Waals surface area contributed by atoms with Crippen molar-refractivity contribution in [2.45, 2.75) is 53.2 Å². The summed E-state index contributed by atoms with van der Waals surface area (Å²) in [5.41, 5.74) is 0.354. The van der Waals surface area contributed by atoms with Crippen LogP contribution in [0.15, 0.2) is 18.2 Å². The van der Waals surface area contributed by atoms with Gasteiger partial charge >= 0.3 is 17.9 Å². The summed E-state index contributed by atoms with van der Waals surface area (Å²) in [5.74, 6) is -1.07. The number of hydrogen-bond acceptors (Lipinski definition) is 7. The van der Waals surface area contributed by atoms with Gasteiger partial charge in [0, 0.05) is 44.5 Å². The Balaban J connectivity index is 3.21. The molecule has 0 saturated heterocycles. The van der Waals surface area contributed by atoms with Gasteiger partial charge in [0.1, 0.15) is 17.6 Å². The summed E-state index contributed by atoms with van der Waals surface area (Å²) in [4.78, 5) is 33.9. The average Bonchev–Trinajstić information content (AvgIpc) is 2.40. The minimum Gasteiger partial charge on any atom is -0.456 e. The van der Waals surface area contributed by atoms with E-state index < -0.39 is 24.0 Å². The molecule has 1 rings (SSSR count). The molecule has 0 unspecified atom stereocenters. The van der Waals surface area contributed by atoms with Gasteiger partial charge in [-0.1, -0.05) is 0 Å². The lowest BCUT2D eigenvalue weighted by Gasteiger charge is -2.25. The number of carbonyl (C=O) groups is 3. The number of carbonyl (C=O) groups excluding carboxylic acids is 3. The molecule has 0 spiro atoms. The SMILES string of the molecule is CC(=O)Oc1cc(OC(C)=O)cc([C@@H](CNC(C)(C)C)OC(C)=O)c1. The summed E-state index contributed by atoms with van der Waals surface area (Å²) in [5, 5.41) is 3.25. The van der Waals surface area contributed by atoms with Gasteiger partial charge in [-0.15, -0.1) is 0 Å². The molecule has 0 bridgehead atoms. The number of hydrogen-bond donors (Lipinski definition) is 1. The summed E-state index contributed by atoms with van der Waals surface area (Å²) in [6.45, 7) is 10.1. The summed E-state index contributed by atoms with van der Waals surface area (Å²) >= 11 is 0. The minimum absolute atomic E-state index is 0.190. The van der Waals surface area contributed by atoms with Crippen LogP contribution in [0.1, 0.15) is 53.2 Å². The topological polar surface area (TPSA) is 90.9 Å². The van der Waals surface area contributed by atoms with E-state index in [-0.39, 0.29) is 17.0 Å². The van der Waals surface area contributed by atoms with Crippen LogP contribution in [-0.4, -0.2) is 30.0 Å². The normalized spacial score (nSPS) is 12.2. The zero-order valence-electron chi connectivity index (χ0n) is 15.5. The molecule has 138 valence electrons. The fourth-order valence-corrected chi connectivity index (χ4v) is 2.06. The van der Waals surface area contributed by atoms with E-state index in [9.17, 15) is 14.4 Å². The molecule has 0 aliphatic rings. The molecule has 7 nitrogen and oxygen atoms in total. The minimum atomic E-state index is -0.637. The number of rotatable bonds is 6. The van der Waals surface area contributed by atoms with Crippen LogP contribution in [0.3, 0.4) is 0 Å². The van der Waals surface area contributed by atoms with Gasteiger partial charge in [0.25, 0.3) is 0 Å². The smallest absolute Gasteiger partial charge is 0.308 e. The van der Waals surface area contributed by atoms with E-state index in [2.05, 4.69) is 5.32 Å². The Hall–Kier alpha value is -2.41. The van der Waals surface area contributed by atoms with Crippen molar-refractivity contribution < 1.29 is 28.6 Å². The lowest BCUT2D eigenvalue weighted by Crippen LogP contribution is -2.39. The quantitative estimate of drug-likeness (QED) is 0.622. The summed E-state index contributed by atoms with van der Waals surface area (Å²) < 4.78 is 15.5. The first-order chi connectivity index (χ1) is 11.5. The lowest BCUT2D eigenvalue weighted by molar-refractivity contribution is -0.146. The molecule has 1 N–H and O–H groups in total. The predicted octanol–water partition coefficient (Wildman–Crippen LogP) is 2.53. The Kier molecular flexibility index (Phi) is 7.11. The van der Waals surface area contributed by atoms with Gasteiger partial charge in [0.05, 0.1) is 0 Å². The number of nitrogens with one attached hydrogen (secondary N) is 1. The third-order valence-electron chi connectivity index (χ3n) is 2.92. The van der Waals surface area contributed by atoms with Crippen LogP contribution in [-0.2, 0) is 19.1 Å². The van der Waals surface area contributed by atoms with Gasteiger partial charge < -0.3 is 19.5 Å². The van der Waals surface area contributed by atoms with E-state index in [4.69, 9.17) is 14.2 Å². The van der Waals surface area contributed by atoms with Crippen molar-refractivity contribution in [3.63, 3.8) is 0 Å². The summed E-state index contributed by atoms with van der Waals surface area (Å²) in [6.07, 6.45) is -0.637. The van der Waals surface area contributed by atoms with Crippen LogP contribution in [0.5, 0.6) is 11.5 Å². The van der Waals surface area contributed by atoms with E-state index in [0.29, 0.717) is 12.1 Å². The highest BCUT2D eigenvalue weighted by molar-refractivity contribution is 5.71. The first-order valence-corrected chi connectivity index (χ1v) is 7.90. The Labute approximate surface area is 147 Å². The fourth-order valence-electron chi connectivity index (χ4n) is 2.06. The lowest BCUT2D eigenvalue weighted by atomic mass is 10.1. The fraction of sp³-hybridized carbons (Fsp3) is 0.500. The van der Waals surface area contributed by atoms with Crippen LogP contribution < -0.4 is 14.8 Å². The van der Waals surface area contributed by atoms with Crippen molar-refractivity contribution in [1.29, 1.82) is 0 Å². The van der Waals surface area contributed by atoms with Gasteiger partial charge in [-0.2, -0.15) is 0 Å². The van der Waals surface area contributed by atoms with E-state index >= 15 is 0 Å². The zero-order chi connectivity index (χ0) is 19.2. The third-order valence-corrected chi connectivity index (χ3v) is 2.92. The molecule has 1 atom stereocenters. The maximum absolute atomic E-state index is 11.5. The summed E-state index contributed by atoms with van der Waals surface area (Å²) in [7, 11) is 0. The second-order valence-corrected chi connectivity index (χ2v) is 6.65. The van der Waals surface area contributed by atoms with E-state index in [1.165, 1.54) is 26.8 Å². The van der Waals surface area contributed by atoms with Crippen molar-refractivity contribution in [3.05, 3.63) is 23.8 Å². The first-order valence-electron chi connectivity index (χ1n) is 7.90. The Morgan fingerprint density at radius 2 is 1.40 bits per heavy atom. The second kappa shape index (κ2) is 8.62. The average molecular weight is 351 g/mol. The molecule has 0 fully saturated rings. The molecule has 0 aliphatic carbocycles. The van der Waals surface area contributed by atoms with Crippen LogP contribution in [0.2, 0.25) is 0 Å². The number of ether oxygens (including phenoxy) is 3. The van der Waals surface area contributed by atoms with Gasteiger partial charge in [0.2, 0.25) is 0 Å². The highest BCUT2D eigenvalue weighted by atomic mass is 16.6. The molecule has 0 heterocycles. The van der Waals surface area contributed by atoms with Crippen molar-refractivity contribution in [3.8, 4) is 11.5 Å². The Bertz CT molecular complexity index is 613. The van der Waals surface area contributed by atoms with Gasteiger partial charge in [-0.3, -0.25) is 14.4 Å². The summed E-state index contributed by atoms with van der Waals surface area (Å²) in [6, 6.07) is 4.58. The first kappa shape index (κ1) is 20.6. The standard InChI is InChI=1S/C18H25NO6/c1-11(20)23-15-7-14(8-16(9-15)24-12(2)21)17(25-13(3)22)10-19-18(4,5)6/h7-9,17,19H,10H2,1-6H3/t17-/m1/s1. The molecule has 7 heteroatoms. The van der Waals surface area contributed by atoms with Crippen molar-refractivity contribution >= 4 is 17.9 Å². The molecular formula is C18H25NO6. The van der Waals surface area contributed by atoms with Crippen LogP contribution in [0, 0.1) is 0 Å². The van der Waals surface area contributed by atoms with Gasteiger partial charge in [-0.25, -0.2) is 0 Å². The maximum atomic E-state index is 11.5. The highest BCUT2D eigenvalue weighted by Crippen LogP contribution is 2.29. The molecule has 25 heavy (non-hydrogen) atoms. The van der Waals surface area contributed by atoms with Crippen LogP contribution in [0.4, 0.5) is 0 Å².